The second-order valence-electron chi connectivity index (χ2n) is 4.30. The molecule has 0 aromatic heterocycles. The number of carboxylic acid groups (broad SMARTS) is 1. The minimum absolute atomic E-state index is 0.122. The van der Waals surface area contributed by atoms with Crippen LogP contribution in [0.4, 0.5) is 21.5 Å². The lowest BCUT2D eigenvalue weighted by atomic mass is 10.2. The molecule has 0 radical (unpaired) electrons. The van der Waals surface area contributed by atoms with Crippen LogP contribution in [0.3, 0.4) is 0 Å². The lowest BCUT2D eigenvalue weighted by Crippen LogP contribution is -2.11. The summed E-state index contributed by atoms with van der Waals surface area (Å²) < 4.78 is 13.9. The zero-order valence-corrected chi connectivity index (χ0v) is 11.0. The monoisotopic (exact) mass is 290 g/mol. The summed E-state index contributed by atoms with van der Waals surface area (Å²) in [6, 6.07) is 9.22. The number of nitrogens with zero attached hydrogens (tertiary/aromatic N) is 2. The van der Waals surface area contributed by atoms with Crippen molar-refractivity contribution >= 4 is 23.0 Å². The lowest BCUT2D eigenvalue weighted by molar-refractivity contribution is -0.385. The standard InChI is InChI=1S/C14H11FN2O4/c1-16(10-4-2-9(3-5-10)14(18)19)13-7-6-11(17(20)21)8-12(13)15/h2-8H,1H3,(H,18,19). The number of benzene rings is 2. The van der Waals surface area contributed by atoms with Gasteiger partial charge in [-0.2, -0.15) is 0 Å². The van der Waals surface area contributed by atoms with Gasteiger partial charge in [-0.25, -0.2) is 9.18 Å². The van der Waals surface area contributed by atoms with Gasteiger partial charge in [0.05, 0.1) is 22.2 Å². The van der Waals surface area contributed by atoms with Gasteiger partial charge in [0.25, 0.3) is 5.69 Å². The van der Waals surface area contributed by atoms with Crippen LogP contribution >= 0.6 is 0 Å². The van der Waals surface area contributed by atoms with E-state index in [1.54, 1.807) is 7.05 Å². The maximum atomic E-state index is 13.9. The third-order valence-electron chi connectivity index (χ3n) is 3.00. The zero-order chi connectivity index (χ0) is 15.6. The first-order valence-corrected chi connectivity index (χ1v) is 5.91. The molecule has 0 bridgehead atoms. The molecular formula is C14H11FN2O4. The molecule has 2 rings (SSSR count). The molecule has 0 amide bonds. The fourth-order valence-corrected chi connectivity index (χ4v) is 1.85. The first-order valence-electron chi connectivity index (χ1n) is 5.91. The van der Waals surface area contributed by atoms with Crippen molar-refractivity contribution < 1.29 is 19.2 Å². The Morgan fingerprint density at radius 1 is 1.24 bits per heavy atom. The van der Waals surface area contributed by atoms with Crippen LogP contribution < -0.4 is 4.90 Å². The SMILES string of the molecule is CN(c1ccc(C(=O)O)cc1)c1ccc([N+](=O)[O-])cc1F. The first-order chi connectivity index (χ1) is 9.90. The Morgan fingerprint density at radius 3 is 2.33 bits per heavy atom. The molecule has 0 aliphatic heterocycles. The average molecular weight is 290 g/mol. The Bertz CT molecular complexity index is 701. The van der Waals surface area contributed by atoms with Crippen molar-refractivity contribution in [3.63, 3.8) is 0 Å². The van der Waals surface area contributed by atoms with Crippen molar-refractivity contribution in [2.45, 2.75) is 0 Å². The van der Waals surface area contributed by atoms with E-state index in [-0.39, 0.29) is 16.9 Å². The largest absolute Gasteiger partial charge is 0.478 e. The molecule has 7 heteroatoms. The molecule has 0 fully saturated rings. The summed E-state index contributed by atoms with van der Waals surface area (Å²) in [6.07, 6.45) is 0. The van der Waals surface area contributed by atoms with E-state index in [4.69, 9.17) is 5.11 Å². The summed E-state index contributed by atoms with van der Waals surface area (Å²) in [4.78, 5) is 22.2. The van der Waals surface area contributed by atoms with Crippen LogP contribution in [0.5, 0.6) is 0 Å². The molecule has 2 aromatic carbocycles. The molecule has 0 aliphatic carbocycles. The van der Waals surface area contributed by atoms with E-state index in [1.807, 2.05) is 0 Å². The van der Waals surface area contributed by atoms with Crippen LogP contribution in [-0.4, -0.2) is 23.0 Å². The molecule has 0 heterocycles. The Balaban J connectivity index is 2.33. The minimum Gasteiger partial charge on any atom is -0.478 e. The Hall–Kier alpha value is -2.96. The third-order valence-corrected chi connectivity index (χ3v) is 3.00. The second kappa shape index (κ2) is 5.58. The van der Waals surface area contributed by atoms with Gasteiger partial charge in [0.1, 0.15) is 0 Å². The summed E-state index contributed by atoms with van der Waals surface area (Å²) in [7, 11) is 1.58. The maximum Gasteiger partial charge on any atom is 0.335 e. The number of halogens is 1. The normalized spacial score (nSPS) is 10.2. The van der Waals surface area contributed by atoms with Gasteiger partial charge in [-0.1, -0.05) is 0 Å². The van der Waals surface area contributed by atoms with E-state index in [0.29, 0.717) is 5.69 Å². The summed E-state index contributed by atoms with van der Waals surface area (Å²) in [5.74, 6) is -1.78. The molecule has 0 unspecified atom stereocenters. The van der Waals surface area contributed by atoms with E-state index < -0.39 is 16.7 Å². The van der Waals surface area contributed by atoms with Gasteiger partial charge in [-0.15, -0.1) is 0 Å². The molecule has 0 saturated heterocycles. The highest BCUT2D eigenvalue weighted by molar-refractivity contribution is 5.88. The highest BCUT2D eigenvalue weighted by Crippen LogP contribution is 2.28. The fraction of sp³-hybridized carbons (Fsp3) is 0.0714. The summed E-state index contributed by atoms with van der Waals surface area (Å²) in [5, 5.41) is 19.4. The Morgan fingerprint density at radius 2 is 1.86 bits per heavy atom. The van der Waals surface area contributed by atoms with E-state index >= 15 is 0 Å². The van der Waals surface area contributed by atoms with E-state index in [1.165, 1.54) is 41.3 Å². The van der Waals surface area contributed by atoms with Crippen LogP contribution in [0.15, 0.2) is 42.5 Å². The van der Waals surface area contributed by atoms with Crippen LogP contribution in [-0.2, 0) is 0 Å². The predicted molar refractivity (Wildman–Crippen MR) is 74.5 cm³/mol. The maximum absolute atomic E-state index is 13.9. The van der Waals surface area contributed by atoms with Gasteiger partial charge in [0, 0.05) is 18.8 Å². The van der Waals surface area contributed by atoms with Crippen molar-refractivity contribution in [1.82, 2.24) is 0 Å². The molecule has 0 spiro atoms. The minimum atomic E-state index is -1.05. The second-order valence-corrected chi connectivity index (χ2v) is 4.30. The average Bonchev–Trinajstić information content (AvgIpc) is 2.46. The highest BCUT2D eigenvalue weighted by Gasteiger charge is 2.15. The van der Waals surface area contributed by atoms with Crippen LogP contribution in [0.2, 0.25) is 0 Å². The first kappa shape index (κ1) is 14.4. The fourth-order valence-electron chi connectivity index (χ4n) is 1.85. The van der Waals surface area contributed by atoms with E-state index in [2.05, 4.69) is 0 Å². The number of rotatable bonds is 4. The molecule has 6 nitrogen and oxygen atoms in total. The van der Waals surface area contributed by atoms with E-state index in [9.17, 15) is 19.3 Å². The molecule has 0 saturated carbocycles. The predicted octanol–water partition coefficient (Wildman–Crippen LogP) is 3.20. The van der Waals surface area contributed by atoms with Crippen LogP contribution in [0, 0.1) is 15.9 Å². The number of nitro benzene ring substituents is 1. The van der Waals surface area contributed by atoms with Crippen molar-refractivity contribution in [1.29, 1.82) is 0 Å². The number of anilines is 2. The molecule has 1 N–H and O–H groups in total. The Labute approximate surface area is 119 Å². The van der Waals surface area contributed by atoms with Crippen LogP contribution in [0.1, 0.15) is 10.4 Å². The van der Waals surface area contributed by atoms with Gasteiger partial charge in [-0.3, -0.25) is 10.1 Å². The quantitative estimate of drug-likeness (QED) is 0.690. The number of non-ortho nitro benzene ring substituents is 1. The smallest absolute Gasteiger partial charge is 0.335 e. The van der Waals surface area contributed by atoms with Crippen LogP contribution in [0.25, 0.3) is 0 Å². The molecular weight excluding hydrogens is 279 g/mol. The summed E-state index contributed by atoms with van der Waals surface area (Å²) in [6.45, 7) is 0. The lowest BCUT2D eigenvalue weighted by Gasteiger charge is -2.20. The number of carboxylic acids is 1. The highest BCUT2D eigenvalue weighted by atomic mass is 19.1. The van der Waals surface area contributed by atoms with Gasteiger partial charge in [-0.05, 0) is 30.3 Å². The molecule has 108 valence electrons. The molecule has 21 heavy (non-hydrogen) atoms. The van der Waals surface area contributed by atoms with Gasteiger partial charge >= 0.3 is 5.97 Å². The summed E-state index contributed by atoms with van der Waals surface area (Å²) >= 11 is 0. The van der Waals surface area contributed by atoms with Crippen molar-refractivity contribution in [3.8, 4) is 0 Å². The topological polar surface area (TPSA) is 83.7 Å². The van der Waals surface area contributed by atoms with Crippen molar-refractivity contribution in [2.24, 2.45) is 0 Å². The van der Waals surface area contributed by atoms with Crippen molar-refractivity contribution in [3.05, 3.63) is 64.0 Å². The Kier molecular flexibility index (Phi) is 3.84. The number of hydrogen-bond acceptors (Lipinski definition) is 4. The van der Waals surface area contributed by atoms with Crippen molar-refractivity contribution in [2.75, 3.05) is 11.9 Å². The number of aromatic carboxylic acids is 1. The molecule has 0 aliphatic rings. The zero-order valence-electron chi connectivity index (χ0n) is 11.0. The number of nitro groups is 1. The third kappa shape index (κ3) is 2.97. The van der Waals surface area contributed by atoms with Gasteiger partial charge < -0.3 is 10.0 Å². The van der Waals surface area contributed by atoms with E-state index in [0.717, 1.165) is 6.07 Å². The number of hydrogen-bond donors (Lipinski definition) is 1. The summed E-state index contributed by atoms with van der Waals surface area (Å²) in [5.41, 5.74) is 0.513. The van der Waals surface area contributed by atoms with Gasteiger partial charge in [0.15, 0.2) is 5.82 Å². The van der Waals surface area contributed by atoms with Gasteiger partial charge in [0.2, 0.25) is 0 Å². The molecule has 0 atom stereocenters. The number of carbonyl (C=O) groups is 1. The molecule has 2 aromatic rings.